The molecule has 0 spiro atoms. The number of imidazole rings is 1. The van der Waals surface area contributed by atoms with Crippen LogP contribution in [0.2, 0.25) is 0 Å². The molecule has 1 amide bonds. The molecule has 1 fully saturated rings. The van der Waals surface area contributed by atoms with Crippen LogP contribution in [0.25, 0.3) is 5.82 Å². The third-order valence-corrected chi connectivity index (χ3v) is 6.36. The summed E-state index contributed by atoms with van der Waals surface area (Å²) >= 11 is 6.17. The van der Waals surface area contributed by atoms with Gasteiger partial charge < -0.3 is 21.1 Å². The Balaban J connectivity index is 1.47. The van der Waals surface area contributed by atoms with Crippen molar-refractivity contribution in [2.75, 3.05) is 25.1 Å². The molecule has 0 bridgehead atoms. The molecular weight excluding hydrogens is 442 g/mol. The van der Waals surface area contributed by atoms with E-state index < -0.39 is 0 Å². The Hall–Kier alpha value is -2.75. The molecule has 2 aliphatic rings. The van der Waals surface area contributed by atoms with Gasteiger partial charge in [-0.05, 0) is 31.8 Å². The Bertz CT molecular complexity index is 1050. The summed E-state index contributed by atoms with van der Waals surface area (Å²) in [6, 6.07) is 0.0265. The van der Waals surface area contributed by atoms with Gasteiger partial charge in [0, 0.05) is 60.7 Å². The van der Waals surface area contributed by atoms with E-state index in [4.69, 9.17) is 22.1 Å². The molecule has 2 aromatic rings. The maximum atomic E-state index is 12.9. The number of allylic oxidation sites excluding steroid dienone is 3. The molecule has 2 aromatic heterocycles. The summed E-state index contributed by atoms with van der Waals surface area (Å²) in [7, 11) is 0. The first kappa shape index (κ1) is 23.4. The Morgan fingerprint density at radius 2 is 2.15 bits per heavy atom. The van der Waals surface area contributed by atoms with E-state index >= 15 is 0 Å². The fourth-order valence-electron chi connectivity index (χ4n) is 4.14. The van der Waals surface area contributed by atoms with Gasteiger partial charge in [0.2, 0.25) is 5.95 Å². The van der Waals surface area contributed by atoms with Gasteiger partial charge in [0.05, 0.1) is 0 Å². The van der Waals surface area contributed by atoms with Gasteiger partial charge in [0.1, 0.15) is 17.8 Å². The van der Waals surface area contributed by atoms with Crippen LogP contribution < -0.4 is 16.4 Å². The van der Waals surface area contributed by atoms with Crippen molar-refractivity contribution in [3.05, 3.63) is 53.2 Å². The molecule has 3 atom stereocenters. The van der Waals surface area contributed by atoms with Crippen LogP contribution in [-0.4, -0.2) is 57.3 Å². The minimum absolute atomic E-state index is 0.0152. The van der Waals surface area contributed by atoms with Gasteiger partial charge in [-0.15, -0.1) is 0 Å². The van der Waals surface area contributed by atoms with Crippen molar-refractivity contribution < 1.29 is 9.53 Å². The molecule has 10 heteroatoms. The molecule has 176 valence electrons. The van der Waals surface area contributed by atoms with Crippen molar-refractivity contribution in [2.24, 2.45) is 17.6 Å². The highest BCUT2D eigenvalue weighted by molar-refractivity contribution is 6.31. The van der Waals surface area contributed by atoms with Gasteiger partial charge in [-0.1, -0.05) is 30.7 Å². The normalized spacial score (nSPS) is 22.0. The van der Waals surface area contributed by atoms with Crippen molar-refractivity contribution in [3.63, 3.8) is 0 Å². The number of hydrogen-bond acceptors (Lipinski definition) is 7. The summed E-state index contributed by atoms with van der Waals surface area (Å²) in [5.74, 6) is 1.16. The number of anilines is 1. The average Bonchev–Trinajstić information content (AvgIpc) is 3.31. The van der Waals surface area contributed by atoms with Gasteiger partial charge in [-0.2, -0.15) is 4.98 Å². The van der Waals surface area contributed by atoms with E-state index in [2.05, 4.69) is 32.5 Å². The van der Waals surface area contributed by atoms with E-state index in [0.29, 0.717) is 29.0 Å². The van der Waals surface area contributed by atoms with Crippen LogP contribution in [0.1, 0.15) is 35.8 Å². The number of aryl methyl sites for hydroxylation is 1. The van der Waals surface area contributed by atoms with Gasteiger partial charge in [-0.25, -0.2) is 9.97 Å². The highest BCUT2D eigenvalue weighted by atomic mass is 35.5. The Kier molecular flexibility index (Phi) is 7.42. The summed E-state index contributed by atoms with van der Waals surface area (Å²) in [5.41, 5.74) is 7.14. The first-order valence-corrected chi connectivity index (χ1v) is 11.6. The lowest BCUT2D eigenvalue weighted by Crippen LogP contribution is -2.47. The summed E-state index contributed by atoms with van der Waals surface area (Å²) in [5, 5.41) is 7.04. The highest BCUT2D eigenvalue weighted by Crippen LogP contribution is 2.27. The maximum Gasteiger partial charge on any atom is 0.271 e. The van der Waals surface area contributed by atoms with E-state index in [1.165, 1.54) is 0 Å². The number of nitrogens with two attached hydrogens (primary N) is 1. The second-order valence-corrected chi connectivity index (χ2v) is 9.00. The fourth-order valence-corrected chi connectivity index (χ4v) is 4.36. The van der Waals surface area contributed by atoms with E-state index in [1.807, 2.05) is 25.2 Å². The number of carbonyl (C=O) groups is 1. The minimum Gasteiger partial charge on any atom is -0.381 e. The van der Waals surface area contributed by atoms with Gasteiger partial charge >= 0.3 is 0 Å². The summed E-state index contributed by atoms with van der Waals surface area (Å²) in [6.07, 6.45) is 12.7. The minimum atomic E-state index is -0.289. The summed E-state index contributed by atoms with van der Waals surface area (Å²) < 4.78 is 7.15. The molecule has 0 saturated carbocycles. The SMILES string of the molecule is Cc1cnc(NC2CCOCC2)nc1-n1cnc(C(=O)N[C@H](CN)C2C=C(Cl)C=CC2C)c1. The largest absolute Gasteiger partial charge is 0.381 e. The number of nitrogens with zero attached hydrogens (tertiary/aromatic N) is 4. The predicted molar refractivity (Wildman–Crippen MR) is 127 cm³/mol. The van der Waals surface area contributed by atoms with Gasteiger partial charge in [0.25, 0.3) is 5.91 Å². The molecule has 1 aliphatic carbocycles. The molecule has 4 rings (SSSR count). The lowest BCUT2D eigenvalue weighted by Gasteiger charge is -2.30. The molecule has 0 aromatic carbocycles. The molecule has 33 heavy (non-hydrogen) atoms. The second kappa shape index (κ2) is 10.5. The quantitative estimate of drug-likeness (QED) is 0.567. The number of carbonyl (C=O) groups excluding carboxylic acids is 1. The monoisotopic (exact) mass is 471 g/mol. The zero-order valence-electron chi connectivity index (χ0n) is 18.9. The number of rotatable bonds is 7. The second-order valence-electron chi connectivity index (χ2n) is 8.56. The Morgan fingerprint density at radius 1 is 1.36 bits per heavy atom. The summed E-state index contributed by atoms with van der Waals surface area (Å²) in [6.45, 7) is 5.76. The van der Waals surface area contributed by atoms with Crippen LogP contribution in [0, 0.1) is 18.8 Å². The van der Waals surface area contributed by atoms with Crippen molar-refractivity contribution in [3.8, 4) is 5.82 Å². The topological polar surface area (TPSA) is 120 Å². The van der Waals surface area contributed by atoms with Crippen molar-refractivity contribution in [1.29, 1.82) is 0 Å². The van der Waals surface area contributed by atoms with Gasteiger partial charge in [-0.3, -0.25) is 9.36 Å². The highest BCUT2D eigenvalue weighted by Gasteiger charge is 2.27. The number of ether oxygens (including phenoxy) is 1. The van der Waals surface area contributed by atoms with E-state index in [9.17, 15) is 4.79 Å². The number of hydrogen-bond donors (Lipinski definition) is 3. The number of aromatic nitrogens is 4. The zero-order chi connectivity index (χ0) is 23.4. The van der Waals surface area contributed by atoms with E-state index in [-0.39, 0.29) is 29.8 Å². The zero-order valence-corrected chi connectivity index (χ0v) is 19.6. The number of amides is 1. The number of halogens is 1. The maximum absolute atomic E-state index is 12.9. The first-order valence-electron chi connectivity index (χ1n) is 11.2. The molecule has 4 N–H and O–H groups in total. The van der Waals surface area contributed by atoms with Crippen molar-refractivity contribution >= 4 is 23.5 Å². The molecule has 1 aliphatic heterocycles. The molecule has 1 saturated heterocycles. The fraction of sp³-hybridized carbons (Fsp3) is 0.478. The smallest absolute Gasteiger partial charge is 0.271 e. The van der Waals surface area contributed by atoms with E-state index in [0.717, 1.165) is 31.6 Å². The first-order chi connectivity index (χ1) is 15.9. The van der Waals surface area contributed by atoms with Crippen LogP contribution in [-0.2, 0) is 4.74 Å². The molecule has 0 radical (unpaired) electrons. The Morgan fingerprint density at radius 3 is 2.91 bits per heavy atom. The lowest BCUT2D eigenvalue weighted by molar-refractivity contribution is 0.0902. The molecular formula is C23H30ClN7O2. The van der Waals surface area contributed by atoms with Crippen LogP contribution >= 0.6 is 11.6 Å². The predicted octanol–water partition coefficient (Wildman–Crippen LogP) is 2.56. The standard InChI is InChI=1S/C23H30ClN7O2/c1-14-3-4-16(24)9-18(14)19(10-25)29-22(32)20-12-31(13-27-20)21-15(2)11-26-23(30-21)28-17-5-7-33-8-6-17/h3-4,9,11-14,17-19H,5-8,10,25H2,1-2H3,(H,29,32)(H,26,28,30)/t14?,18?,19-/m1/s1. The average molecular weight is 472 g/mol. The van der Waals surface area contributed by atoms with Crippen LogP contribution in [0.4, 0.5) is 5.95 Å². The Labute approximate surface area is 198 Å². The van der Waals surface area contributed by atoms with E-state index in [1.54, 1.807) is 23.3 Å². The van der Waals surface area contributed by atoms with Gasteiger partial charge in [0.15, 0.2) is 0 Å². The molecule has 2 unspecified atom stereocenters. The number of nitrogens with one attached hydrogen (secondary N) is 2. The third-order valence-electron chi connectivity index (χ3n) is 6.11. The van der Waals surface area contributed by atoms with Crippen molar-refractivity contribution in [1.82, 2.24) is 24.8 Å². The summed E-state index contributed by atoms with van der Waals surface area (Å²) in [4.78, 5) is 26.3. The molecule has 9 nitrogen and oxygen atoms in total. The third kappa shape index (κ3) is 5.61. The van der Waals surface area contributed by atoms with Crippen LogP contribution in [0.5, 0.6) is 0 Å². The lowest BCUT2D eigenvalue weighted by atomic mass is 9.84. The van der Waals surface area contributed by atoms with Crippen LogP contribution in [0.15, 0.2) is 42.0 Å². The van der Waals surface area contributed by atoms with Crippen molar-refractivity contribution in [2.45, 2.75) is 38.8 Å². The molecule has 3 heterocycles. The van der Waals surface area contributed by atoms with Crippen LogP contribution in [0.3, 0.4) is 0 Å².